The molecule has 0 saturated carbocycles. The number of carbonyl (C=O) groups excluding carboxylic acids is 2. The molecule has 0 aliphatic heterocycles. The van der Waals surface area contributed by atoms with Crippen LogP contribution in [0.1, 0.15) is 142 Å². The van der Waals surface area contributed by atoms with E-state index in [1.807, 2.05) is 33.3 Å². The maximum atomic E-state index is 12.6. The van der Waals surface area contributed by atoms with Crippen LogP contribution in [0.2, 0.25) is 0 Å². The van der Waals surface area contributed by atoms with Gasteiger partial charge in [0, 0.05) is 12.8 Å². The molecule has 0 N–H and O–H groups in total. The van der Waals surface area contributed by atoms with E-state index < -0.39 is 32.5 Å². The SMILES string of the molecule is CCCCC/C=C\C/C=C\C/C=C\C/C=C\C/C=C\CCC(=O)O[C@H](COC(=O)CCCC/C=C\C/C=C\C/C=C\CCCCC)COP(=O)([O-])OCC[N+](C)(C)C. The summed E-state index contributed by atoms with van der Waals surface area (Å²) in [6.45, 7) is 4.01. The molecule has 330 valence electrons. The number of unbranched alkanes of at least 4 members (excludes halogenated alkanes) is 8. The van der Waals surface area contributed by atoms with Gasteiger partial charge >= 0.3 is 11.9 Å². The molecular weight excluding hydrogens is 750 g/mol. The number of nitrogens with zero attached hydrogens (tertiary/aromatic N) is 1. The van der Waals surface area contributed by atoms with Crippen molar-refractivity contribution < 1.29 is 42.1 Å². The molecule has 0 spiro atoms. The summed E-state index contributed by atoms with van der Waals surface area (Å²) < 4.78 is 33.7. The van der Waals surface area contributed by atoms with Gasteiger partial charge < -0.3 is 27.9 Å². The Morgan fingerprint density at radius 3 is 1.38 bits per heavy atom. The Bertz CT molecular complexity index is 1300. The number of quaternary nitrogens is 1. The zero-order valence-electron chi connectivity index (χ0n) is 36.9. The first-order valence-electron chi connectivity index (χ1n) is 21.9. The Hall–Kier alpha value is -3.07. The molecule has 0 aliphatic rings. The van der Waals surface area contributed by atoms with E-state index in [9.17, 15) is 19.0 Å². The minimum Gasteiger partial charge on any atom is -0.756 e. The first-order valence-corrected chi connectivity index (χ1v) is 23.4. The average molecular weight is 830 g/mol. The molecule has 58 heavy (non-hydrogen) atoms. The lowest BCUT2D eigenvalue weighted by molar-refractivity contribution is -0.870. The molecule has 2 atom stereocenters. The first-order chi connectivity index (χ1) is 28.0. The van der Waals surface area contributed by atoms with Gasteiger partial charge in [-0.05, 0) is 89.9 Å². The third kappa shape index (κ3) is 42.5. The zero-order chi connectivity index (χ0) is 42.8. The smallest absolute Gasteiger partial charge is 0.306 e. The third-order valence-electron chi connectivity index (χ3n) is 8.59. The summed E-state index contributed by atoms with van der Waals surface area (Å²) in [7, 11) is 1.08. The Morgan fingerprint density at radius 2 is 0.948 bits per heavy atom. The van der Waals surface area contributed by atoms with Gasteiger partial charge in [0.05, 0.1) is 27.7 Å². The molecule has 1 unspecified atom stereocenters. The first kappa shape index (κ1) is 54.9. The van der Waals surface area contributed by atoms with Crippen LogP contribution < -0.4 is 4.89 Å². The number of ether oxygens (including phenoxy) is 2. The molecule has 0 bridgehead atoms. The third-order valence-corrected chi connectivity index (χ3v) is 9.55. The molecule has 0 rings (SSSR count). The molecular formula is C48H80NO8P. The number of hydrogen-bond donors (Lipinski definition) is 0. The minimum atomic E-state index is -4.66. The largest absolute Gasteiger partial charge is 0.756 e. The summed E-state index contributed by atoms with van der Waals surface area (Å²) in [5.41, 5.74) is 0. The fourth-order valence-corrected chi connectivity index (χ4v) is 5.84. The molecule has 0 heterocycles. The van der Waals surface area contributed by atoms with Gasteiger partial charge in [0.15, 0.2) is 6.10 Å². The summed E-state index contributed by atoms with van der Waals surface area (Å²) in [6, 6.07) is 0. The minimum absolute atomic E-state index is 0.0557. The van der Waals surface area contributed by atoms with Crippen LogP contribution in [0.3, 0.4) is 0 Å². The number of phosphoric ester groups is 1. The molecule has 0 radical (unpaired) electrons. The van der Waals surface area contributed by atoms with Gasteiger partial charge in [-0.15, -0.1) is 0 Å². The van der Waals surface area contributed by atoms with Gasteiger partial charge in [-0.2, -0.15) is 0 Å². The highest BCUT2D eigenvalue weighted by atomic mass is 31.2. The van der Waals surface area contributed by atoms with E-state index in [1.165, 1.54) is 44.9 Å². The summed E-state index contributed by atoms with van der Waals surface area (Å²) in [5.74, 6) is -0.987. The lowest BCUT2D eigenvalue weighted by Crippen LogP contribution is -2.37. The van der Waals surface area contributed by atoms with E-state index in [2.05, 4.69) is 98.9 Å². The summed E-state index contributed by atoms with van der Waals surface area (Å²) in [5, 5.41) is 0. The lowest BCUT2D eigenvalue weighted by Gasteiger charge is -2.28. The van der Waals surface area contributed by atoms with Gasteiger partial charge in [-0.25, -0.2) is 0 Å². The van der Waals surface area contributed by atoms with Crippen LogP contribution in [0.5, 0.6) is 0 Å². The van der Waals surface area contributed by atoms with Gasteiger partial charge in [0.2, 0.25) is 0 Å². The Morgan fingerprint density at radius 1 is 0.534 bits per heavy atom. The average Bonchev–Trinajstić information content (AvgIpc) is 3.17. The zero-order valence-corrected chi connectivity index (χ0v) is 37.8. The number of esters is 2. The van der Waals surface area contributed by atoms with Crippen molar-refractivity contribution >= 4 is 19.8 Å². The van der Waals surface area contributed by atoms with Crippen LogP contribution in [0, 0.1) is 0 Å². The molecule has 0 fully saturated rings. The van der Waals surface area contributed by atoms with Crippen molar-refractivity contribution in [1.29, 1.82) is 0 Å². The highest BCUT2D eigenvalue weighted by molar-refractivity contribution is 7.45. The normalized spacial score (nSPS) is 14.5. The van der Waals surface area contributed by atoms with Crippen molar-refractivity contribution in [2.24, 2.45) is 0 Å². The second kappa shape index (κ2) is 39.4. The number of carbonyl (C=O) groups is 2. The Labute approximate surface area is 353 Å². The van der Waals surface area contributed by atoms with Crippen molar-refractivity contribution in [3.8, 4) is 0 Å². The molecule has 0 amide bonds. The van der Waals surface area contributed by atoms with Crippen molar-refractivity contribution in [2.75, 3.05) is 47.5 Å². The summed E-state index contributed by atoms with van der Waals surface area (Å²) in [6.07, 6.45) is 51.7. The fourth-order valence-electron chi connectivity index (χ4n) is 5.11. The van der Waals surface area contributed by atoms with E-state index in [0.717, 1.165) is 57.8 Å². The van der Waals surface area contributed by atoms with Crippen molar-refractivity contribution in [3.05, 3.63) is 97.2 Å². The molecule has 0 aliphatic carbocycles. The van der Waals surface area contributed by atoms with Crippen molar-refractivity contribution in [2.45, 2.75) is 148 Å². The van der Waals surface area contributed by atoms with Crippen LogP contribution in [0.4, 0.5) is 0 Å². The standard InChI is InChI=1S/C48H80NO8P/c1-6-8-10-12-14-16-18-20-22-23-24-25-27-29-31-33-35-37-39-41-48(51)57-46(45-56-58(52,53)55-43-42-49(3,4)5)44-54-47(50)40-38-36-34-32-30-28-26-21-19-17-15-13-11-9-7-2/h14-17,20-22,24-26,29-32,35,37,46H,6-13,18-19,23,27-28,33-34,36,38-45H2,1-5H3/b16-14-,17-15-,22-20-,25-24-,26-21-,31-29-,32-30-,37-35-/t46-/m1/s1. The topological polar surface area (TPSA) is 111 Å². The second-order valence-electron chi connectivity index (χ2n) is 15.3. The van der Waals surface area contributed by atoms with Crippen LogP contribution in [-0.2, 0) is 32.7 Å². The number of rotatable bonds is 38. The van der Waals surface area contributed by atoms with E-state index in [1.54, 1.807) is 0 Å². The lowest BCUT2D eigenvalue weighted by atomic mass is 10.1. The van der Waals surface area contributed by atoms with E-state index >= 15 is 0 Å². The molecule has 0 aromatic heterocycles. The van der Waals surface area contributed by atoms with Crippen molar-refractivity contribution in [3.63, 3.8) is 0 Å². The predicted molar refractivity (Wildman–Crippen MR) is 240 cm³/mol. The molecule has 0 aromatic carbocycles. The van der Waals surface area contributed by atoms with Crippen LogP contribution in [0.25, 0.3) is 0 Å². The van der Waals surface area contributed by atoms with Crippen LogP contribution in [-0.4, -0.2) is 70.0 Å². The number of likely N-dealkylation sites (N-methyl/N-ethyl adjacent to an activating group) is 1. The van der Waals surface area contributed by atoms with Gasteiger partial charge in [-0.1, -0.05) is 137 Å². The quantitative estimate of drug-likeness (QED) is 0.0199. The fraction of sp³-hybridized carbons (Fsp3) is 0.625. The van der Waals surface area contributed by atoms with Gasteiger partial charge in [-0.3, -0.25) is 14.2 Å². The van der Waals surface area contributed by atoms with E-state index in [0.29, 0.717) is 23.9 Å². The molecule has 0 aromatic rings. The van der Waals surface area contributed by atoms with Crippen LogP contribution in [0.15, 0.2) is 97.2 Å². The Kier molecular flexibility index (Phi) is 37.3. The maximum Gasteiger partial charge on any atom is 0.306 e. The summed E-state index contributed by atoms with van der Waals surface area (Å²) >= 11 is 0. The maximum absolute atomic E-state index is 12.6. The van der Waals surface area contributed by atoms with Gasteiger partial charge in [0.25, 0.3) is 7.82 Å². The monoisotopic (exact) mass is 830 g/mol. The number of hydrogen-bond acceptors (Lipinski definition) is 8. The Balaban J connectivity index is 4.58. The molecule has 0 saturated heterocycles. The number of allylic oxidation sites excluding steroid dienone is 16. The molecule has 9 nitrogen and oxygen atoms in total. The van der Waals surface area contributed by atoms with E-state index in [4.69, 9.17) is 18.5 Å². The van der Waals surface area contributed by atoms with Crippen molar-refractivity contribution in [1.82, 2.24) is 0 Å². The number of phosphoric acid groups is 1. The predicted octanol–water partition coefficient (Wildman–Crippen LogP) is 11.9. The van der Waals surface area contributed by atoms with Gasteiger partial charge in [0.1, 0.15) is 19.8 Å². The molecule has 10 heteroatoms. The highest BCUT2D eigenvalue weighted by Gasteiger charge is 2.21. The highest BCUT2D eigenvalue weighted by Crippen LogP contribution is 2.38. The van der Waals surface area contributed by atoms with E-state index in [-0.39, 0.29) is 26.1 Å². The summed E-state index contributed by atoms with van der Waals surface area (Å²) in [4.78, 5) is 37.5. The second-order valence-corrected chi connectivity index (χ2v) is 16.8. The van der Waals surface area contributed by atoms with Crippen LogP contribution >= 0.6 is 7.82 Å².